The van der Waals surface area contributed by atoms with Gasteiger partial charge in [-0.15, -0.1) is 11.3 Å². The van der Waals surface area contributed by atoms with Gasteiger partial charge in [0.1, 0.15) is 10.9 Å². The predicted octanol–water partition coefficient (Wildman–Crippen LogP) is 3.38. The zero-order valence-electron chi connectivity index (χ0n) is 10.3. The van der Waals surface area contributed by atoms with Crippen molar-refractivity contribution in [3.8, 4) is 0 Å². The molecule has 1 aromatic heterocycles. The maximum absolute atomic E-state index is 12.3. The van der Waals surface area contributed by atoms with E-state index in [0.717, 1.165) is 0 Å². The number of halogens is 2. The van der Waals surface area contributed by atoms with E-state index in [1.807, 2.05) is 0 Å². The van der Waals surface area contributed by atoms with Gasteiger partial charge in [0.15, 0.2) is 0 Å². The Morgan fingerprint density at radius 2 is 1.86 bits per heavy atom. The predicted molar refractivity (Wildman–Crippen MR) is 86.9 cm³/mol. The first-order valence-electron chi connectivity index (χ1n) is 5.56. The molecule has 5 nitrogen and oxygen atoms in total. The van der Waals surface area contributed by atoms with Crippen molar-refractivity contribution in [2.45, 2.75) is 10.9 Å². The number of benzene rings is 1. The van der Waals surface area contributed by atoms with Gasteiger partial charge >= 0.3 is 5.97 Å². The highest BCUT2D eigenvalue weighted by Crippen LogP contribution is 2.35. The summed E-state index contributed by atoms with van der Waals surface area (Å²) >= 11 is 7.55. The third kappa shape index (κ3) is 3.92. The zero-order chi connectivity index (χ0) is 15.6. The van der Waals surface area contributed by atoms with E-state index in [-0.39, 0.29) is 4.90 Å². The Morgan fingerprint density at radius 1 is 1.24 bits per heavy atom. The number of nitrogens with one attached hydrogen (secondary N) is 1. The van der Waals surface area contributed by atoms with Crippen molar-refractivity contribution >= 4 is 59.2 Å². The maximum atomic E-state index is 12.3. The molecule has 21 heavy (non-hydrogen) atoms. The van der Waals surface area contributed by atoms with Crippen LogP contribution in [-0.2, 0) is 14.8 Å². The third-order valence-electron chi connectivity index (χ3n) is 2.57. The summed E-state index contributed by atoms with van der Waals surface area (Å²) in [5.41, 5.74) is 0.360. The smallest absolute Gasteiger partial charge is 0.326 e. The number of hydrogen-bond donors (Lipinski definition) is 2. The summed E-state index contributed by atoms with van der Waals surface area (Å²) in [7, 11) is -3.96. The fourth-order valence-electron chi connectivity index (χ4n) is 1.63. The van der Waals surface area contributed by atoms with Crippen LogP contribution in [0.25, 0.3) is 0 Å². The first-order valence-corrected chi connectivity index (χ1v) is 9.45. The molecule has 0 amide bonds. The van der Waals surface area contributed by atoms with E-state index in [0.29, 0.717) is 13.1 Å². The highest BCUT2D eigenvalue weighted by atomic mass is 79.9. The topological polar surface area (TPSA) is 83.5 Å². The lowest BCUT2D eigenvalue weighted by Gasteiger charge is -2.14. The van der Waals surface area contributed by atoms with Crippen LogP contribution in [0, 0.1) is 0 Å². The van der Waals surface area contributed by atoms with Crippen LogP contribution in [0.5, 0.6) is 0 Å². The molecule has 0 aliphatic heterocycles. The number of thiophene rings is 1. The van der Waals surface area contributed by atoms with Crippen LogP contribution in [0.3, 0.4) is 0 Å². The normalized spacial score (nSPS) is 13.0. The summed E-state index contributed by atoms with van der Waals surface area (Å²) in [6.07, 6.45) is 0. The molecular formula is C12H9Br2NO4S2. The van der Waals surface area contributed by atoms with Gasteiger partial charge < -0.3 is 5.11 Å². The van der Waals surface area contributed by atoms with Crippen LogP contribution >= 0.6 is 43.2 Å². The summed E-state index contributed by atoms with van der Waals surface area (Å²) < 4.78 is 27.9. The molecule has 0 aliphatic carbocycles. The number of sulfonamides is 1. The molecule has 2 N–H and O–H groups in total. The van der Waals surface area contributed by atoms with Crippen molar-refractivity contribution in [3.63, 3.8) is 0 Å². The minimum absolute atomic E-state index is 0.00144. The molecular weight excluding hydrogens is 446 g/mol. The minimum Gasteiger partial charge on any atom is -0.480 e. The lowest BCUT2D eigenvalue weighted by molar-refractivity contribution is -0.139. The highest BCUT2D eigenvalue weighted by molar-refractivity contribution is 9.12. The van der Waals surface area contributed by atoms with Gasteiger partial charge in [0.25, 0.3) is 0 Å². The molecule has 0 radical (unpaired) electrons. The average Bonchev–Trinajstić information content (AvgIpc) is 2.77. The number of rotatable bonds is 5. The van der Waals surface area contributed by atoms with Crippen LogP contribution in [0.15, 0.2) is 48.9 Å². The Labute approximate surface area is 142 Å². The molecule has 112 valence electrons. The number of aliphatic carboxylic acids is 1. The van der Waals surface area contributed by atoms with Gasteiger partial charge in [-0.2, -0.15) is 4.72 Å². The van der Waals surface area contributed by atoms with Gasteiger partial charge in [0, 0.05) is 0 Å². The lowest BCUT2D eigenvalue weighted by atomic mass is 10.1. The molecule has 2 rings (SSSR count). The van der Waals surface area contributed by atoms with Gasteiger partial charge in [-0.3, -0.25) is 4.79 Å². The molecule has 0 spiro atoms. The highest BCUT2D eigenvalue weighted by Gasteiger charge is 2.29. The number of carboxylic acid groups (broad SMARTS) is 1. The second-order valence-corrected chi connectivity index (χ2v) is 9.42. The minimum atomic E-state index is -3.96. The Balaban J connectivity index is 2.37. The molecule has 1 aromatic carbocycles. The molecule has 2 aromatic rings. The summed E-state index contributed by atoms with van der Waals surface area (Å²) in [5, 5.41) is 9.27. The van der Waals surface area contributed by atoms with Crippen molar-refractivity contribution in [2.75, 3.05) is 0 Å². The van der Waals surface area contributed by atoms with E-state index in [4.69, 9.17) is 0 Å². The fraction of sp³-hybridized carbons (Fsp3) is 0.0833. The van der Waals surface area contributed by atoms with Crippen molar-refractivity contribution in [2.24, 2.45) is 0 Å². The second kappa shape index (κ2) is 6.57. The van der Waals surface area contributed by atoms with Crippen molar-refractivity contribution in [3.05, 3.63) is 49.5 Å². The molecule has 1 atom stereocenters. The van der Waals surface area contributed by atoms with Gasteiger partial charge in [0.2, 0.25) is 10.0 Å². The van der Waals surface area contributed by atoms with E-state index in [1.165, 1.54) is 17.4 Å². The maximum Gasteiger partial charge on any atom is 0.326 e. The summed E-state index contributed by atoms with van der Waals surface area (Å²) in [6, 6.07) is 8.21. The number of carbonyl (C=O) groups is 1. The largest absolute Gasteiger partial charge is 0.480 e. The first kappa shape index (κ1) is 16.6. The van der Waals surface area contributed by atoms with Gasteiger partial charge in [0.05, 0.1) is 7.57 Å². The van der Waals surface area contributed by atoms with Gasteiger partial charge in [-0.05, 0) is 43.5 Å². The molecule has 0 bridgehead atoms. The summed E-state index contributed by atoms with van der Waals surface area (Å²) in [5.74, 6) is -1.27. The van der Waals surface area contributed by atoms with E-state index >= 15 is 0 Å². The molecule has 0 unspecified atom stereocenters. The molecule has 0 fully saturated rings. The average molecular weight is 455 g/mol. The van der Waals surface area contributed by atoms with Crippen molar-refractivity contribution < 1.29 is 18.3 Å². The van der Waals surface area contributed by atoms with Crippen LogP contribution in [0.4, 0.5) is 0 Å². The third-order valence-corrected chi connectivity index (χ3v) is 6.75. The lowest BCUT2D eigenvalue weighted by Crippen LogP contribution is -2.33. The molecule has 0 aliphatic rings. The quantitative estimate of drug-likeness (QED) is 0.725. The van der Waals surface area contributed by atoms with Crippen LogP contribution in [-0.4, -0.2) is 19.5 Å². The number of carboxylic acids is 1. The summed E-state index contributed by atoms with van der Waals surface area (Å²) in [4.78, 5) is 11.4. The van der Waals surface area contributed by atoms with Gasteiger partial charge in [-0.25, -0.2) is 8.42 Å². The Kier molecular flexibility index (Phi) is 5.20. The zero-order valence-corrected chi connectivity index (χ0v) is 15.1. The van der Waals surface area contributed by atoms with Crippen molar-refractivity contribution in [1.29, 1.82) is 0 Å². The van der Waals surface area contributed by atoms with E-state index in [9.17, 15) is 18.3 Å². The number of hydrogen-bond acceptors (Lipinski definition) is 4. The molecule has 0 saturated heterocycles. The SMILES string of the molecule is O=C(O)[C@H](NS(=O)(=O)c1cc(Br)sc1Br)c1ccccc1. The van der Waals surface area contributed by atoms with Crippen molar-refractivity contribution in [1.82, 2.24) is 4.72 Å². The van der Waals surface area contributed by atoms with E-state index in [2.05, 4.69) is 36.6 Å². The molecule has 9 heteroatoms. The van der Waals surface area contributed by atoms with Crippen LogP contribution in [0.1, 0.15) is 11.6 Å². The first-order chi connectivity index (χ1) is 9.81. The standard InChI is InChI=1S/C12H9Br2NO4S2/c13-9-6-8(11(14)20-9)21(18,19)15-10(12(16)17)7-4-2-1-3-5-7/h1-6,10,15H,(H,16,17)/t10-/m1/s1. The fourth-order valence-corrected chi connectivity index (χ4v) is 6.62. The molecule has 1 heterocycles. The van der Waals surface area contributed by atoms with Crippen LogP contribution < -0.4 is 4.72 Å². The van der Waals surface area contributed by atoms with E-state index in [1.54, 1.807) is 30.3 Å². The molecule has 0 saturated carbocycles. The van der Waals surface area contributed by atoms with Crippen LogP contribution in [0.2, 0.25) is 0 Å². The monoisotopic (exact) mass is 453 g/mol. The second-order valence-electron chi connectivity index (χ2n) is 3.99. The Morgan fingerprint density at radius 3 is 2.33 bits per heavy atom. The van der Waals surface area contributed by atoms with Gasteiger partial charge in [-0.1, -0.05) is 30.3 Å². The Hall–Kier alpha value is -0.740. The Bertz CT molecular complexity index is 759. The van der Waals surface area contributed by atoms with E-state index < -0.39 is 22.0 Å². The summed E-state index contributed by atoms with van der Waals surface area (Å²) in [6.45, 7) is 0.